The van der Waals surface area contributed by atoms with E-state index >= 15 is 4.39 Å². The van der Waals surface area contributed by atoms with Crippen molar-refractivity contribution in [1.29, 1.82) is 5.26 Å². The number of carboxylic acids is 1. The third-order valence-electron chi connectivity index (χ3n) is 10.9. The van der Waals surface area contributed by atoms with Crippen LogP contribution in [0.3, 0.4) is 0 Å². The van der Waals surface area contributed by atoms with Crippen LogP contribution in [0, 0.1) is 17.1 Å². The number of hydrogen-bond acceptors (Lipinski definition) is 7. The van der Waals surface area contributed by atoms with Crippen LogP contribution in [-0.2, 0) is 42.1 Å². The molecular formula is C48H37Cl3FN3O6. The van der Waals surface area contributed by atoms with Gasteiger partial charge in [-0.05, 0) is 106 Å². The van der Waals surface area contributed by atoms with E-state index in [4.69, 9.17) is 54.3 Å². The molecule has 0 aromatic heterocycles. The summed E-state index contributed by atoms with van der Waals surface area (Å²) in [7, 11) is 0. The van der Waals surface area contributed by atoms with E-state index in [0.29, 0.717) is 45.0 Å². The van der Waals surface area contributed by atoms with Crippen molar-refractivity contribution < 1.29 is 33.3 Å². The fourth-order valence-electron chi connectivity index (χ4n) is 7.53. The Balaban J connectivity index is 0.980. The normalized spacial score (nSPS) is 16.2. The second-order valence-electron chi connectivity index (χ2n) is 14.9. The fourth-order valence-corrected chi connectivity index (χ4v) is 8.07. The van der Waals surface area contributed by atoms with Gasteiger partial charge in [-0.25, -0.2) is 9.18 Å². The molecule has 3 atom stereocenters. The van der Waals surface area contributed by atoms with Gasteiger partial charge in [0.15, 0.2) is 17.6 Å². The van der Waals surface area contributed by atoms with Gasteiger partial charge in [-0.15, -0.1) is 0 Å². The molecule has 13 heteroatoms. The number of amides is 1. The first-order valence-corrected chi connectivity index (χ1v) is 20.6. The summed E-state index contributed by atoms with van der Waals surface area (Å²) < 4.78 is 33.8. The number of nitrogens with zero attached hydrogens (tertiary/aromatic N) is 2. The minimum atomic E-state index is -1.24. The van der Waals surface area contributed by atoms with Gasteiger partial charge in [-0.2, -0.15) is 5.26 Å². The largest absolute Gasteiger partial charge is 0.489 e. The number of carbonyl (C=O) groups excluding carboxylic acids is 1. The highest BCUT2D eigenvalue weighted by molar-refractivity contribution is 6.42. The first-order valence-electron chi connectivity index (χ1n) is 19.4. The van der Waals surface area contributed by atoms with Crippen LogP contribution >= 0.6 is 34.8 Å². The second kappa shape index (κ2) is 18.3. The molecule has 2 aliphatic rings. The molecule has 308 valence electrons. The Labute approximate surface area is 366 Å². The molecule has 0 radical (unpaired) electrons. The van der Waals surface area contributed by atoms with Crippen molar-refractivity contribution in [2.45, 2.75) is 50.7 Å². The Morgan fingerprint density at radius 2 is 1.56 bits per heavy atom. The topological polar surface area (TPSA) is 121 Å². The molecule has 1 unspecified atom stereocenters. The van der Waals surface area contributed by atoms with Crippen LogP contribution in [0.25, 0.3) is 11.1 Å². The Kier molecular flexibility index (Phi) is 12.5. The molecule has 0 fully saturated rings. The van der Waals surface area contributed by atoms with Crippen LogP contribution in [0.5, 0.6) is 17.2 Å². The van der Waals surface area contributed by atoms with E-state index in [1.165, 1.54) is 12.1 Å². The molecule has 0 bridgehead atoms. The van der Waals surface area contributed by atoms with E-state index in [9.17, 15) is 14.7 Å². The number of ether oxygens (including phenoxy) is 3. The lowest BCUT2D eigenvalue weighted by Gasteiger charge is -2.38. The molecule has 2 N–H and O–H groups in total. The van der Waals surface area contributed by atoms with Gasteiger partial charge in [-0.1, -0.05) is 95.5 Å². The summed E-state index contributed by atoms with van der Waals surface area (Å²) in [5.41, 5.74) is 6.74. The number of fused-ring (bicyclic) bond motifs is 2. The van der Waals surface area contributed by atoms with Gasteiger partial charge in [0.1, 0.15) is 30.8 Å². The Morgan fingerprint density at radius 1 is 0.852 bits per heavy atom. The minimum Gasteiger partial charge on any atom is -0.489 e. The zero-order chi connectivity index (χ0) is 42.6. The molecule has 9 nitrogen and oxygen atoms in total. The zero-order valence-electron chi connectivity index (χ0n) is 32.4. The van der Waals surface area contributed by atoms with Crippen LogP contribution < -0.4 is 19.5 Å². The van der Waals surface area contributed by atoms with E-state index in [2.05, 4.69) is 11.4 Å². The van der Waals surface area contributed by atoms with Gasteiger partial charge < -0.3 is 24.6 Å². The number of halogens is 4. The SMILES string of the molecule is N#Cc1ccc(-c2ccc(C[C@H](NC(=O)C3Cc4cc5c(cc4CN3Cc3c(F)cccc3Cl)O[C@@H](c3ccc(OCc4ccc(Cl)c(Cl)c4)cc3)CO5)C(=O)O)cc2)cc1. The third kappa shape index (κ3) is 9.62. The van der Waals surface area contributed by atoms with Crippen LogP contribution in [-0.4, -0.2) is 40.6 Å². The molecule has 0 saturated heterocycles. The summed E-state index contributed by atoms with van der Waals surface area (Å²) in [5, 5.41) is 23.3. The quantitative estimate of drug-likeness (QED) is 0.125. The van der Waals surface area contributed by atoms with Crippen molar-refractivity contribution in [3.05, 3.63) is 181 Å². The average Bonchev–Trinajstić information content (AvgIpc) is 3.27. The molecule has 0 spiro atoms. The van der Waals surface area contributed by atoms with E-state index in [1.54, 1.807) is 35.2 Å². The molecule has 0 aliphatic carbocycles. The maximum absolute atomic E-state index is 15.2. The number of aliphatic carboxylic acids is 1. The highest BCUT2D eigenvalue weighted by Crippen LogP contribution is 2.41. The fraction of sp³-hybridized carbons (Fsp3) is 0.188. The summed E-state index contributed by atoms with van der Waals surface area (Å²) in [6.07, 6.45) is -0.182. The lowest BCUT2D eigenvalue weighted by Crippen LogP contribution is -2.54. The van der Waals surface area contributed by atoms with Gasteiger partial charge in [0.2, 0.25) is 5.91 Å². The second-order valence-corrected chi connectivity index (χ2v) is 16.1. The maximum Gasteiger partial charge on any atom is 0.326 e. The number of nitrogens with one attached hydrogen (secondary N) is 1. The number of benzene rings is 6. The van der Waals surface area contributed by atoms with Crippen molar-refractivity contribution in [3.63, 3.8) is 0 Å². The molecular weight excluding hydrogens is 840 g/mol. The predicted molar refractivity (Wildman–Crippen MR) is 231 cm³/mol. The predicted octanol–water partition coefficient (Wildman–Crippen LogP) is 10.2. The van der Waals surface area contributed by atoms with Gasteiger partial charge in [0, 0.05) is 30.1 Å². The molecule has 6 aromatic rings. The van der Waals surface area contributed by atoms with Crippen LogP contribution in [0.15, 0.2) is 121 Å². The Bertz CT molecular complexity index is 2620. The van der Waals surface area contributed by atoms with E-state index < -0.39 is 35.9 Å². The molecule has 0 saturated carbocycles. The number of nitriles is 1. The summed E-state index contributed by atoms with van der Waals surface area (Å²) in [6.45, 7) is 0.774. The summed E-state index contributed by atoms with van der Waals surface area (Å²) in [6, 6.07) is 35.6. The highest BCUT2D eigenvalue weighted by atomic mass is 35.5. The van der Waals surface area contributed by atoms with Crippen molar-refractivity contribution in [1.82, 2.24) is 10.2 Å². The first-order chi connectivity index (χ1) is 29.5. The number of hydrogen-bond donors (Lipinski definition) is 2. The minimum absolute atomic E-state index is 0.00583. The first kappa shape index (κ1) is 41.6. The summed E-state index contributed by atoms with van der Waals surface area (Å²) in [4.78, 5) is 28.6. The molecule has 6 aromatic carbocycles. The third-order valence-corrected chi connectivity index (χ3v) is 12.0. The van der Waals surface area contributed by atoms with Crippen molar-refractivity contribution in [2.24, 2.45) is 0 Å². The lowest BCUT2D eigenvalue weighted by molar-refractivity contribution is -0.142. The maximum atomic E-state index is 15.2. The standard InChI is InChI=1S/C48H37Cl3FN3O6/c49-38-2-1-3-41(52)37(38)25-55-24-35-22-45-44(60-27-46(61-45)33-13-15-36(16-14-33)59-26-30-8-17-39(50)40(51)18-30)21-34(35)20-43(55)47(56)54-42(48(57)58)19-28-4-9-31(10-5-28)32-11-6-29(23-53)7-12-32/h1-18,21-22,42-43,46H,19-20,24-27H2,(H,54,56)(H,57,58)/t42-,43?,46+/m0/s1. The molecule has 8 rings (SSSR count). The summed E-state index contributed by atoms with van der Waals surface area (Å²) >= 11 is 18.7. The molecule has 2 aliphatic heterocycles. The van der Waals surface area contributed by atoms with Crippen molar-refractivity contribution in [2.75, 3.05) is 6.61 Å². The molecule has 2 heterocycles. The number of carboxylic acid groups (broad SMARTS) is 1. The van der Waals surface area contributed by atoms with E-state index in [1.807, 2.05) is 78.9 Å². The van der Waals surface area contributed by atoms with Gasteiger partial charge >= 0.3 is 5.97 Å². The Hall–Kier alpha value is -6.09. The lowest BCUT2D eigenvalue weighted by atomic mass is 9.91. The Morgan fingerprint density at radius 3 is 2.25 bits per heavy atom. The van der Waals surface area contributed by atoms with Crippen LogP contribution in [0.2, 0.25) is 15.1 Å². The van der Waals surface area contributed by atoms with Gasteiger partial charge in [0.25, 0.3) is 0 Å². The monoisotopic (exact) mass is 875 g/mol. The number of carbonyl (C=O) groups is 2. The summed E-state index contributed by atoms with van der Waals surface area (Å²) in [5.74, 6) is -0.504. The average molecular weight is 877 g/mol. The molecule has 61 heavy (non-hydrogen) atoms. The van der Waals surface area contributed by atoms with Crippen molar-refractivity contribution >= 4 is 46.7 Å². The van der Waals surface area contributed by atoms with Crippen LogP contribution in [0.1, 0.15) is 45.0 Å². The zero-order valence-corrected chi connectivity index (χ0v) is 34.7. The molecule has 1 amide bonds. The van der Waals surface area contributed by atoms with Crippen LogP contribution in [0.4, 0.5) is 4.39 Å². The van der Waals surface area contributed by atoms with E-state index in [-0.39, 0.29) is 43.1 Å². The van der Waals surface area contributed by atoms with Gasteiger partial charge in [0.05, 0.1) is 27.7 Å². The highest BCUT2D eigenvalue weighted by Gasteiger charge is 2.36. The van der Waals surface area contributed by atoms with Gasteiger partial charge in [-0.3, -0.25) is 9.69 Å². The smallest absolute Gasteiger partial charge is 0.326 e. The van der Waals surface area contributed by atoms with Crippen molar-refractivity contribution in [3.8, 4) is 34.4 Å². The number of rotatable bonds is 12. The van der Waals surface area contributed by atoms with E-state index in [0.717, 1.165) is 33.4 Å².